The van der Waals surface area contributed by atoms with Crippen LogP contribution in [0.4, 0.5) is 10.2 Å². The summed E-state index contributed by atoms with van der Waals surface area (Å²) in [5.74, 6) is -0.288. The summed E-state index contributed by atoms with van der Waals surface area (Å²) in [6.07, 6.45) is 1.65. The second kappa shape index (κ2) is 10.6. The number of benzene rings is 1. The molecule has 1 N–H and O–H groups in total. The van der Waals surface area contributed by atoms with Gasteiger partial charge in [0.1, 0.15) is 17.6 Å². The van der Waals surface area contributed by atoms with E-state index in [1.54, 1.807) is 37.6 Å². The molecule has 0 aliphatic carbocycles. The predicted molar refractivity (Wildman–Crippen MR) is 141 cm³/mol. The average Bonchev–Trinajstić information content (AvgIpc) is 3.41. The van der Waals surface area contributed by atoms with Crippen molar-refractivity contribution in [1.82, 2.24) is 20.1 Å². The van der Waals surface area contributed by atoms with E-state index in [0.29, 0.717) is 43.3 Å². The number of pyridine rings is 1. The smallest absolute Gasteiger partial charge is 0.228 e. The molecule has 0 unspecified atom stereocenters. The fraction of sp³-hybridized carbons (Fsp3) is 0.414. The Morgan fingerprint density at radius 2 is 1.77 bits per heavy atom. The van der Waals surface area contributed by atoms with Gasteiger partial charge in [-0.3, -0.25) is 9.78 Å². The van der Waals surface area contributed by atoms with Crippen LogP contribution < -0.4 is 9.64 Å². The van der Waals surface area contributed by atoms with Gasteiger partial charge in [-0.1, -0.05) is 26.0 Å². The number of likely N-dealkylation sites (tertiary alicyclic amines) is 1. The zero-order chi connectivity index (χ0) is 27.7. The number of amides is 1. The molecule has 5 rings (SSSR count). The van der Waals surface area contributed by atoms with Gasteiger partial charge in [-0.15, -0.1) is 10.2 Å². The Kier molecular flexibility index (Phi) is 7.19. The first-order valence-electron chi connectivity index (χ1n) is 13.0. The molecule has 2 aromatic heterocycles. The van der Waals surface area contributed by atoms with Crippen molar-refractivity contribution in [3.63, 3.8) is 0 Å². The summed E-state index contributed by atoms with van der Waals surface area (Å²) < 4.78 is 18.8. The van der Waals surface area contributed by atoms with Gasteiger partial charge in [0.25, 0.3) is 0 Å². The van der Waals surface area contributed by atoms with Gasteiger partial charge in [0.05, 0.1) is 24.8 Å². The number of ether oxygens (including phenoxy) is 1. The van der Waals surface area contributed by atoms with Gasteiger partial charge in [0.2, 0.25) is 5.91 Å². The van der Waals surface area contributed by atoms with Crippen molar-refractivity contribution >= 4 is 11.7 Å². The van der Waals surface area contributed by atoms with Crippen LogP contribution in [0.3, 0.4) is 0 Å². The minimum absolute atomic E-state index is 0.0124. The Morgan fingerprint density at radius 3 is 2.33 bits per heavy atom. The number of nitriles is 1. The number of rotatable bonds is 5. The molecule has 0 spiro atoms. The summed E-state index contributed by atoms with van der Waals surface area (Å²) in [6.45, 7) is 5.51. The van der Waals surface area contributed by atoms with Crippen molar-refractivity contribution in [1.29, 1.82) is 5.26 Å². The maximum Gasteiger partial charge on any atom is 0.228 e. The molecule has 1 amide bonds. The molecule has 1 aromatic carbocycles. The number of hydrogen-bond acceptors (Lipinski definition) is 8. The number of aliphatic hydroxyl groups is 1. The van der Waals surface area contributed by atoms with Gasteiger partial charge in [-0.2, -0.15) is 5.26 Å². The topological polar surface area (TPSA) is 115 Å². The van der Waals surface area contributed by atoms with Crippen molar-refractivity contribution in [3.05, 3.63) is 77.5 Å². The molecule has 5 atom stereocenters. The number of aromatic nitrogens is 3. The molecule has 3 aromatic rings. The van der Waals surface area contributed by atoms with Gasteiger partial charge in [-0.25, -0.2) is 4.39 Å². The molecule has 9 nitrogen and oxygen atoms in total. The Bertz CT molecular complexity index is 1350. The van der Waals surface area contributed by atoms with E-state index in [1.165, 1.54) is 12.1 Å². The summed E-state index contributed by atoms with van der Waals surface area (Å²) in [7, 11) is 1.58. The normalized spacial score (nSPS) is 26.8. The molecule has 4 heterocycles. The van der Waals surface area contributed by atoms with E-state index in [0.717, 1.165) is 5.69 Å². The van der Waals surface area contributed by atoms with E-state index < -0.39 is 11.5 Å². The first-order chi connectivity index (χ1) is 18.7. The maximum absolute atomic E-state index is 14.1. The van der Waals surface area contributed by atoms with Crippen molar-refractivity contribution in [3.8, 4) is 11.8 Å². The van der Waals surface area contributed by atoms with Gasteiger partial charge in [-0.05, 0) is 42.0 Å². The molecule has 2 aliphatic rings. The number of anilines is 1. The first-order valence-corrected chi connectivity index (χ1v) is 13.0. The van der Waals surface area contributed by atoms with Crippen LogP contribution in [0.25, 0.3) is 0 Å². The van der Waals surface area contributed by atoms with Crippen LogP contribution in [0.1, 0.15) is 36.7 Å². The lowest BCUT2D eigenvalue weighted by atomic mass is 9.70. The quantitative estimate of drug-likeness (QED) is 0.535. The number of carbonyl (C=O) groups excluding carboxylic acids is 1. The summed E-state index contributed by atoms with van der Waals surface area (Å²) >= 11 is 0. The lowest BCUT2D eigenvalue weighted by Gasteiger charge is -2.48. The lowest BCUT2D eigenvalue weighted by Crippen LogP contribution is -2.57. The minimum Gasteiger partial charge on any atom is -0.495 e. The molecule has 39 heavy (non-hydrogen) atoms. The van der Waals surface area contributed by atoms with Gasteiger partial charge >= 0.3 is 0 Å². The number of halogens is 1. The zero-order valence-corrected chi connectivity index (χ0v) is 22.2. The molecule has 202 valence electrons. The highest BCUT2D eigenvalue weighted by Crippen LogP contribution is 2.43. The van der Waals surface area contributed by atoms with Crippen molar-refractivity contribution in [2.24, 2.45) is 17.8 Å². The van der Waals surface area contributed by atoms with Crippen molar-refractivity contribution < 1.29 is 19.0 Å². The van der Waals surface area contributed by atoms with E-state index in [-0.39, 0.29) is 35.2 Å². The van der Waals surface area contributed by atoms with Gasteiger partial charge in [0, 0.05) is 49.6 Å². The van der Waals surface area contributed by atoms with E-state index >= 15 is 0 Å². The SMILES string of the molecule is COc1ccc([C@@H]2CN(c3ccc(C#N)nn3)C[C@H]2C(=O)N2C[C@@H](C)[C@@](O)(c3ccc(F)cc3)[C@@H](C)C2)nc1. The van der Waals surface area contributed by atoms with Crippen LogP contribution in [0.15, 0.2) is 54.7 Å². The molecule has 2 fully saturated rings. The molecular weight excluding hydrogens is 499 g/mol. The summed E-state index contributed by atoms with van der Waals surface area (Å²) in [5, 5.41) is 29.0. The minimum atomic E-state index is -1.18. The predicted octanol–water partition coefficient (Wildman–Crippen LogP) is 3.11. The number of carbonyl (C=O) groups is 1. The van der Waals surface area contributed by atoms with E-state index in [9.17, 15) is 14.3 Å². The highest BCUT2D eigenvalue weighted by atomic mass is 19.1. The highest BCUT2D eigenvalue weighted by Gasteiger charge is 2.49. The van der Waals surface area contributed by atoms with Gasteiger partial charge < -0.3 is 19.6 Å². The van der Waals surface area contributed by atoms with Crippen molar-refractivity contribution in [2.45, 2.75) is 25.4 Å². The average molecular weight is 531 g/mol. The largest absolute Gasteiger partial charge is 0.495 e. The third-order valence-electron chi connectivity index (χ3n) is 8.21. The number of hydrogen-bond donors (Lipinski definition) is 1. The second-order valence-electron chi connectivity index (χ2n) is 10.5. The Labute approximate surface area is 226 Å². The van der Waals surface area contributed by atoms with Crippen LogP contribution in [-0.2, 0) is 10.4 Å². The second-order valence-corrected chi connectivity index (χ2v) is 10.5. The third-order valence-corrected chi connectivity index (χ3v) is 8.21. The third kappa shape index (κ3) is 4.90. The Morgan fingerprint density at radius 1 is 1.05 bits per heavy atom. The van der Waals surface area contributed by atoms with Crippen LogP contribution >= 0.6 is 0 Å². The lowest BCUT2D eigenvalue weighted by molar-refractivity contribution is -0.152. The van der Waals surface area contributed by atoms with Crippen LogP contribution in [0, 0.1) is 34.9 Å². The van der Waals surface area contributed by atoms with Crippen LogP contribution in [0.2, 0.25) is 0 Å². The molecular formula is C29H31FN6O3. The number of piperidine rings is 1. The van der Waals surface area contributed by atoms with Gasteiger partial charge in [0.15, 0.2) is 11.5 Å². The summed E-state index contributed by atoms with van der Waals surface area (Å²) in [4.78, 5) is 22.5. The van der Waals surface area contributed by atoms with Crippen LogP contribution in [-0.4, -0.2) is 64.4 Å². The standard InChI is InChI=1S/C29H31FN6O3/c1-18-14-36(15-19(2)29(18,38)20-4-6-21(30)7-5-20)28(37)25-17-35(27-11-8-22(12-31)33-34-27)16-24(25)26-10-9-23(39-3)13-32-26/h4-11,13,18-19,24-25,38H,14-17H2,1-3H3/t18-,19+,24-,25-,29+/m1/s1. The van der Waals surface area contributed by atoms with E-state index in [1.807, 2.05) is 41.8 Å². The maximum atomic E-state index is 14.1. The molecule has 0 bridgehead atoms. The Balaban J connectivity index is 1.41. The zero-order valence-electron chi connectivity index (χ0n) is 22.2. The van der Waals surface area contributed by atoms with E-state index in [2.05, 4.69) is 15.2 Å². The van der Waals surface area contributed by atoms with Crippen LogP contribution in [0.5, 0.6) is 5.75 Å². The van der Waals surface area contributed by atoms with E-state index in [4.69, 9.17) is 10.00 Å². The molecule has 2 aliphatic heterocycles. The molecule has 10 heteroatoms. The highest BCUT2D eigenvalue weighted by molar-refractivity contribution is 5.82. The molecule has 0 radical (unpaired) electrons. The molecule has 2 saturated heterocycles. The monoisotopic (exact) mass is 530 g/mol. The fourth-order valence-electron chi connectivity index (χ4n) is 6.03. The molecule has 0 saturated carbocycles. The number of nitrogens with zero attached hydrogens (tertiary/aromatic N) is 6. The fourth-order valence-corrected chi connectivity index (χ4v) is 6.03. The number of methoxy groups -OCH3 is 1. The summed E-state index contributed by atoms with van der Waals surface area (Å²) in [6, 6.07) is 15.0. The first kappa shape index (κ1) is 26.5. The Hall–Kier alpha value is -4.10. The summed E-state index contributed by atoms with van der Waals surface area (Å²) in [5.41, 5.74) is 0.479. The van der Waals surface area contributed by atoms with Crippen molar-refractivity contribution in [2.75, 3.05) is 38.2 Å².